The number of hydrogen-bond donors (Lipinski definition) is 2. The van der Waals surface area contributed by atoms with Gasteiger partial charge >= 0.3 is 0 Å². The molecule has 108 valence electrons. The molecule has 3 nitrogen and oxygen atoms in total. The Balaban J connectivity index is 1.55. The van der Waals surface area contributed by atoms with Gasteiger partial charge < -0.3 is 10.3 Å². The second-order valence-electron chi connectivity index (χ2n) is 5.42. The van der Waals surface area contributed by atoms with E-state index in [-0.39, 0.29) is 0 Å². The molecule has 21 heavy (non-hydrogen) atoms. The van der Waals surface area contributed by atoms with Crippen molar-refractivity contribution < 1.29 is 0 Å². The number of aromatic amines is 1. The number of rotatable bonds is 6. The predicted molar refractivity (Wildman–Crippen MR) is 87.3 cm³/mol. The molecule has 1 heterocycles. The summed E-state index contributed by atoms with van der Waals surface area (Å²) in [5, 5.41) is 6.19. The van der Waals surface area contributed by atoms with Gasteiger partial charge in [0, 0.05) is 24.9 Å². The summed E-state index contributed by atoms with van der Waals surface area (Å²) in [6.45, 7) is 3.21. The predicted octanol–water partition coefficient (Wildman–Crippen LogP) is 3.85. The van der Waals surface area contributed by atoms with Crippen LogP contribution in [0.3, 0.4) is 0 Å². The second-order valence-corrected chi connectivity index (χ2v) is 5.42. The average molecular weight is 279 g/mol. The Morgan fingerprint density at radius 2 is 2.00 bits per heavy atom. The molecule has 0 saturated heterocycles. The Morgan fingerprint density at radius 3 is 2.81 bits per heavy atom. The van der Waals surface area contributed by atoms with Crippen LogP contribution in [-0.4, -0.2) is 16.5 Å². The lowest BCUT2D eigenvalue weighted by molar-refractivity contribution is 0.555. The molecule has 0 aliphatic carbocycles. The lowest BCUT2D eigenvalue weighted by Crippen LogP contribution is -2.20. The molecular formula is C18H21N3. The van der Waals surface area contributed by atoms with Crippen molar-refractivity contribution >= 4 is 10.8 Å². The van der Waals surface area contributed by atoms with E-state index in [9.17, 15) is 0 Å². The molecule has 0 amide bonds. The molecule has 0 bridgehead atoms. The molecule has 0 saturated carbocycles. The van der Waals surface area contributed by atoms with E-state index >= 15 is 0 Å². The minimum absolute atomic E-state index is 0.367. The highest BCUT2D eigenvalue weighted by Crippen LogP contribution is 2.20. The molecule has 0 radical (unpaired) electrons. The van der Waals surface area contributed by atoms with Gasteiger partial charge in [0.2, 0.25) is 0 Å². The zero-order valence-electron chi connectivity index (χ0n) is 12.3. The number of aromatic nitrogens is 2. The highest BCUT2D eigenvalue weighted by Gasteiger charge is 2.05. The fraction of sp³-hybridized carbons (Fsp3) is 0.278. The second kappa shape index (κ2) is 6.55. The zero-order valence-corrected chi connectivity index (χ0v) is 12.3. The first-order chi connectivity index (χ1) is 10.3. The summed E-state index contributed by atoms with van der Waals surface area (Å²) in [6, 6.07) is 15.6. The molecule has 3 heteroatoms. The van der Waals surface area contributed by atoms with Crippen LogP contribution in [-0.2, 0) is 6.42 Å². The molecule has 1 aromatic heterocycles. The van der Waals surface area contributed by atoms with Crippen LogP contribution >= 0.6 is 0 Å². The van der Waals surface area contributed by atoms with Crippen molar-refractivity contribution in [2.45, 2.75) is 25.8 Å². The molecule has 3 aromatic rings. The van der Waals surface area contributed by atoms with Crippen LogP contribution in [0, 0.1) is 0 Å². The van der Waals surface area contributed by atoms with Crippen molar-refractivity contribution in [1.82, 2.24) is 15.3 Å². The molecule has 2 N–H and O–H groups in total. The van der Waals surface area contributed by atoms with E-state index in [1.165, 1.54) is 16.3 Å². The van der Waals surface area contributed by atoms with Gasteiger partial charge in [0.05, 0.1) is 0 Å². The minimum Gasteiger partial charge on any atom is -0.349 e. The number of aryl methyl sites for hydroxylation is 1. The van der Waals surface area contributed by atoms with Crippen molar-refractivity contribution in [2.75, 3.05) is 6.54 Å². The fourth-order valence-electron chi connectivity index (χ4n) is 2.60. The number of nitrogens with zero attached hydrogens (tertiary/aromatic N) is 1. The number of fused-ring (bicyclic) bond motifs is 1. The summed E-state index contributed by atoms with van der Waals surface area (Å²) >= 11 is 0. The van der Waals surface area contributed by atoms with Gasteiger partial charge in [-0.15, -0.1) is 0 Å². The first-order valence-electron chi connectivity index (χ1n) is 7.53. The van der Waals surface area contributed by atoms with Gasteiger partial charge in [0.25, 0.3) is 0 Å². The number of H-pyrrole nitrogens is 1. The fourth-order valence-corrected chi connectivity index (χ4v) is 2.60. The largest absolute Gasteiger partial charge is 0.349 e. The first kappa shape index (κ1) is 13.8. The van der Waals surface area contributed by atoms with E-state index < -0.39 is 0 Å². The quantitative estimate of drug-likeness (QED) is 0.673. The van der Waals surface area contributed by atoms with Gasteiger partial charge in [0.1, 0.15) is 5.82 Å². The van der Waals surface area contributed by atoms with Crippen molar-refractivity contribution in [3.8, 4) is 0 Å². The number of benzene rings is 2. The number of hydrogen-bond acceptors (Lipinski definition) is 2. The summed E-state index contributed by atoms with van der Waals surface area (Å²) < 4.78 is 0. The van der Waals surface area contributed by atoms with E-state index in [0.717, 1.165) is 25.2 Å². The lowest BCUT2D eigenvalue weighted by atomic mass is 10.0. The Hall–Kier alpha value is -2.13. The normalized spacial score (nSPS) is 12.6. The molecule has 0 spiro atoms. The maximum absolute atomic E-state index is 4.24. The standard InChI is InChI=1S/C18H21N3/c1-14(19-10-4-7-18-20-11-12-21-18)16-9-8-15-5-2-3-6-17(15)13-16/h2-3,5-6,8-9,11-14,19H,4,7,10H2,1H3,(H,20,21). The van der Waals surface area contributed by atoms with Crippen LogP contribution in [0.15, 0.2) is 54.9 Å². The molecule has 3 rings (SSSR count). The van der Waals surface area contributed by atoms with Gasteiger partial charge in [-0.3, -0.25) is 0 Å². The van der Waals surface area contributed by atoms with Gasteiger partial charge in [-0.1, -0.05) is 36.4 Å². The molecule has 2 aromatic carbocycles. The Kier molecular flexibility index (Phi) is 4.31. The Labute approximate surface area is 125 Å². The van der Waals surface area contributed by atoms with E-state index in [2.05, 4.69) is 64.7 Å². The monoisotopic (exact) mass is 279 g/mol. The van der Waals surface area contributed by atoms with Crippen molar-refractivity contribution in [2.24, 2.45) is 0 Å². The maximum atomic E-state index is 4.24. The van der Waals surface area contributed by atoms with Crippen LogP contribution in [0.4, 0.5) is 0 Å². The SMILES string of the molecule is CC(NCCCc1ncc[nH]1)c1ccc2ccccc2c1. The summed E-state index contributed by atoms with van der Waals surface area (Å²) in [4.78, 5) is 7.38. The average Bonchev–Trinajstić information content (AvgIpc) is 3.04. The van der Waals surface area contributed by atoms with Gasteiger partial charge in [-0.2, -0.15) is 0 Å². The zero-order chi connectivity index (χ0) is 14.5. The van der Waals surface area contributed by atoms with Crippen molar-refractivity contribution in [1.29, 1.82) is 0 Å². The lowest BCUT2D eigenvalue weighted by Gasteiger charge is -2.14. The topological polar surface area (TPSA) is 40.7 Å². The highest BCUT2D eigenvalue weighted by atomic mass is 14.9. The molecule has 1 unspecified atom stereocenters. The van der Waals surface area contributed by atoms with E-state index in [1.807, 2.05) is 6.20 Å². The summed E-state index contributed by atoms with van der Waals surface area (Å²) in [5.41, 5.74) is 1.34. The van der Waals surface area contributed by atoms with Crippen molar-refractivity contribution in [3.05, 3.63) is 66.2 Å². The third-order valence-electron chi connectivity index (χ3n) is 3.87. The van der Waals surface area contributed by atoms with Crippen LogP contribution in [0.25, 0.3) is 10.8 Å². The van der Waals surface area contributed by atoms with Gasteiger partial charge in [-0.25, -0.2) is 4.98 Å². The summed E-state index contributed by atoms with van der Waals surface area (Å²) in [7, 11) is 0. The molecule has 0 fully saturated rings. The molecule has 1 atom stereocenters. The third-order valence-corrected chi connectivity index (χ3v) is 3.87. The number of imidazole rings is 1. The molecule has 0 aliphatic heterocycles. The van der Waals surface area contributed by atoms with Crippen molar-refractivity contribution in [3.63, 3.8) is 0 Å². The third kappa shape index (κ3) is 3.50. The van der Waals surface area contributed by atoms with Crippen LogP contribution in [0.1, 0.15) is 30.8 Å². The smallest absolute Gasteiger partial charge is 0.106 e. The highest BCUT2D eigenvalue weighted by molar-refractivity contribution is 5.83. The van der Waals surface area contributed by atoms with Crippen LogP contribution in [0.2, 0.25) is 0 Å². The van der Waals surface area contributed by atoms with E-state index in [0.29, 0.717) is 6.04 Å². The summed E-state index contributed by atoms with van der Waals surface area (Å²) in [5.74, 6) is 1.06. The number of nitrogens with one attached hydrogen (secondary N) is 2. The van der Waals surface area contributed by atoms with E-state index in [4.69, 9.17) is 0 Å². The van der Waals surface area contributed by atoms with Gasteiger partial charge in [-0.05, 0) is 42.3 Å². The first-order valence-corrected chi connectivity index (χ1v) is 7.53. The Bertz CT molecular complexity index is 689. The minimum atomic E-state index is 0.367. The van der Waals surface area contributed by atoms with Crippen LogP contribution in [0.5, 0.6) is 0 Å². The summed E-state index contributed by atoms with van der Waals surface area (Å²) in [6.07, 6.45) is 5.76. The van der Waals surface area contributed by atoms with Crippen LogP contribution < -0.4 is 5.32 Å². The Morgan fingerprint density at radius 1 is 1.14 bits per heavy atom. The van der Waals surface area contributed by atoms with E-state index in [1.54, 1.807) is 6.20 Å². The molecular weight excluding hydrogens is 258 g/mol. The molecule has 0 aliphatic rings. The van der Waals surface area contributed by atoms with Gasteiger partial charge in [0.15, 0.2) is 0 Å². The maximum Gasteiger partial charge on any atom is 0.106 e.